The number of anilines is 1. The van der Waals surface area contributed by atoms with Crippen molar-refractivity contribution in [2.75, 3.05) is 32.1 Å². The fourth-order valence-corrected chi connectivity index (χ4v) is 4.38. The fraction of sp³-hybridized carbons (Fsp3) is 0.652. The molecule has 1 aliphatic carbocycles. The highest BCUT2D eigenvalue weighted by Crippen LogP contribution is 2.34. The van der Waals surface area contributed by atoms with Crippen LogP contribution in [0.25, 0.3) is 0 Å². The van der Waals surface area contributed by atoms with Gasteiger partial charge in [-0.15, -0.1) is 0 Å². The monoisotopic (exact) mass is 432 g/mol. The van der Waals surface area contributed by atoms with Gasteiger partial charge in [0.05, 0.1) is 23.9 Å². The first kappa shape index (κ1) is 23.3. The van der Waals surface area contributed by atoms with Gasteiger partial charge in [0, 0.05) is 25.0 Å². The van der Waals surface area contributed by atoms with Gasteiger partial charge in [-0.1, -0.05) is 32.3 Å². The summed E-state index contributed by atoms with van der Waals surface area (Å²) < 4.78 is 6.33. The number of aliphatic hydroxyl groups is 1. The average molecular weight is 433 g/mol. The van der Waals surface area contributed by atoms with Gasteiger partial charge in [0.15, 0.2) is 5.75 Å². The highest BCUT2D eigenvalue weighted by Gasteiger charge is 2.34. The van der Waals surface area contributed by atoms with Crippen LogP contribution in [-0.2, 0) is 0 Å². The van der Waals surface area contributed by atoms with E-state index in [1.54, 1.807) is 23.1 Å². The van der Waals surface area contributed by atoms with Crippen molar-refractivity contribution in [3.05, 3.63) is 23.8 Å². The first-order chi connectivity index (χ1) is 14.9. The van der Waals surface area contributed by atoms with Gasteiger partial charge in [-0.05, 0) is 38.9 Å². The van der Waals surface area contributed by atoms with Crippen LogP contribution in [0, 0.1) is 5.92 Å². The van der Waals surface area contributed by atoms with Crippen LogP contribution in [0.15, 0.2) is 18.2 Å². The van der Waals surface area contributed by atoms with Crippen molar-refractivity contribution in [3.63, 3.8) is 0 Å². The molecule has 1 fully saturated rings. The number of para-hydroxylation sites is 1. The second-order valence-electron chi connectivity index (χ2n) is 8.80. The number of likely N-dealkylation sites (N-methyl/N-ethyl adjacent to an activating group) is 1. The van der Waals surface area contributed by atoms with Crippen molar-refractivity contribution in [1.29, 1.82) is 0 Å². The minimum Gasteiger partial charge on any atom is -0.486 e. The molecule has 1 heterocycles. The van der Waals surface area contributed by atoms with Crippen LogP contribution < -0.4 is 20.7 Å². The number of rotatable bonds is 6. The average Bonchev–Trinajstić information content (AvgIpc) is 2.76. The van der Waals surface area contributed by atoms with E-state index in [0.29, 0.717) is 30.1 Å². The van der Waals surface area contributed by atoms with E-state index in [9.17, 15) is 14.7 Å². The number of nitrogens with zero attached hydrogens (tertiary/aromatic N) is 1. The summed E-state index contributed by atoms with van der Waals surface area (Å²) in [7, 11) is 1.86. The van der Waals surface area contributed by atoms with Crippen LogP contribution in [0.5, 0.6) is 5.75 Å². The molecule has 172 valence electrons. The SMILES string of the molecule is CNC[C@H]1Oc2c(NC(=O)NC3CCCCC3)cccc2C(=O)N([C@@H](C)CO)C[C@@H]1C. The van der Waals surface area contributed by atoms with Crippen molar-refractivity contribution >= 4 is 17.6 Å². The number of fused-ring (bicyclic) bond motifs is 1. The molecule has 2 aliphatic rings. The normalized spacial score (nSPS) is 23.2. The number of hydrogen-bond acceptors (Lipinski definition) is 5. The molecule has 31 heavy (non-hydrogen) atoms. The Bertz CT molecular complexity index is 766. The standard InChI is InChI=1S/C23H36N4O4/c1-15-13-27(16(2)14-28)22(29)18-10-7-11-19(21(18)31-20(15)12-24-3)26-23(30)25-17-8-5-4-6-9-17/h7,10-11,15-17,20,24,28H,4-6,8-9,12-14H2,1-3H3,(H2,25,26,30)/t15-,16-,20+/m0/s1. The molecule has 1 aromatic carbocycles. The number of carbonyl (C=O) groups is 2. The van der Waals surface area contributed by atoms with Crippen LogP contribution in [0.4, 0.5) is 10.5 Å². The van der Waals surface area contributed by atoms with Gasteiger partial charge in [-0.2, -0.15) is 0 Å². The Labute approximate surface area is 184 Å². The predicted octanol–water partition coefficient (Wildman–Crippen LogP) is 2.58. The van der Waals surface area contributed by atoms with Crippen LogP contribution >= 0.6 is 0 Å². The van der Waals surface area contributed by atoms with Gasteiger partial charge >= 0.3 is 6.03 Å². The summed E-state index contributed by atoms with van der Waals surface area (Å²) in [5, 5.41) is 18.8. The van der Waals surface area contributed by atoms with Crippen molar-refractivity contribution in [1.82, 2.24) is 15.5 Å². The van der Waals surface area contributed by atoms with Crippen LogP contribution in [0.3, 0.4) is 0 Å². The minimum atomic E-state index is -0.317. The van der Waals surface area contributed by atoms with E-state index in [0.717, 1.165) is 25.7 Å². The molecule has 0 radical (unpaired) electrons. The second-order valence-corrected chi connectivity index (χ2v) is 8.80. The molecule has 8 heteroatoms. The number of hydrogen-bond donors (Lipinski definition) is 4. The highest BCUT2D eigenvalue weighted by molar-refractivity contribution is 6.01. The maximum absolute atomic E-state index is 13.3. The van der Waals surface area contributed by atoms with E-state index in [4.69, 9.17) is 4.74 Å². The van der Waals surface area contributed by atoms with E-state index in [1.807, 2.05) is 20.9 Å². The third-order valence-corrected chi connectivity index (χ3v) is 6.29. The minimum absolute atomic E-state index is 0.0303. The molecule has 3 amide bonds. The van der Waals surface area contributed by atoms with Gasteiger partial charge in [0.2, 0.25) is 0 Å². The molecule has 0 spiro atoms. The van der Waals surface area contributed by atoms with E-state index >= 15 is 0 Å². The Hall–Kier alpha value is -2.32. The Morgan fingerprint density at radius 1 is 1.29 bits per heavy atom. The second kappa shape index (κ2) is 10.8. The van der Waals surface area contributed by atoms with Crippen molar-refractivity contribution < 1.29 is 19.4 Å². The number of aliphatic hydroxyl groups excluding tert-OH is 1. The first-order valence-corrected chi connectivity index (χ1v) is 11.4. The van der Waals surface area contributed by atoms with E-state index in [2.05, 4.69) is 16.0 Å². The lowest BCUT2D eigenvalue weighted by Crippen LogP contribution is -2.49. The molecule has 1 saturated carbocycles. The largest absolute Gasteiger partial charge is 0.486 e. The third kappa shape index (κ3) is 5.68. The van der Waals surface area contributed by atoms with Crippen molar-refractivity contribution in [2.24, 2.45) is 5.92 Å². The lowest BCUT2D eigenvalue weighted by molar-refractivity contribution is 0.0417. The van der Waals surface area contributed by atoms with Gasteiger partial charge in [-0.25, -0.2) is 4.79 Å². The first-order valence-electron chi connectivity index (χ1n) is 11.4. The zero-order chi connectivity index (χ0) is 22.4. The van der Waals surface area contributed by atoms with E-state index < -0.39 is 0 Å². The zero-order valence-corrected chi connectivity index (χ0v) is 18.8. The summed E-state index contributed by atoms with van der Waals surface area (Å²) in [5.41, 5.74) is 0.870. The molecule has 0 aromatic heterocycles. The number of urea groups is 1. The topological polar surface area (TPSA) is 103 Å². The summed E-state index contributed by atoms with van der Waals surface area (Å²) in [4.78, 5) is 27.7. The molecule has 3 atom stereocenters. The summed E-state index contributed by atoms with van der Waals surface area (Å²) in [6.07, 6.45) is 5.26. The van der Waals surface area contributed by atoms with Crippen LogP contribution in [0.2, 0.25) is 0 Å². The molecule has 0 unspecified atom stereocenters. The molecule has 3 rings (SSSR count). The summed E-state index contributed by atoms with van der Waals surface area (Å²) in [5.74, 6) is 0.207. The van der Waals surface area contributed by atoms with E-state index in [-0.39, 0.29) is 42.7 Å². The number of ether oxygens (including phenoxy) is 1. The molecule has 4 N–H and O–H groups in total. The number of benzene rings is 1. The van der Waals surface area contributed by atoms with Gasteiger partial charge in [0.25, 0.3) is 5.91 Å². The summed E-state index contributed by atoms with van der Waals surface area (Å²) in [6.45, 7) is 4.82. The Kier molecular flexibility index (Phi) is 8.15. The molecule has 8 nitrogen and oxygen atoms in total. The molecule has 0 saturated heterocycles. The Morgan fingerprint density at radius 3 is 2.71 bits per heavy atom. The van der Waals surface area contributed by atoms with Gasteiger partial charge < -0.3 is 30.7 Å². The number of nitrogens with one attached hydrogen (secondary N) is 3. The molecule has 1 aromatic rings. The third-order valence-electron chi connectivity index (χ3n) is 6.29. The fourth-order valence-electron chi connectivity index (χ4n) is 4.38. The van der Waals surface area contributed by atoms with E-state index in [1.165, 1.54) is 6.42 Å². The van der Waals surface area contributed by atoms with Crippen molar-refractivity contribution in [3.8, 4) is 5.75 Å². The molecule has 0 bridgehead atoms. The summed E-state index contributed by atoms with van der Waals surface area (Å²) >= 11 is 0. The zero-order valence-electron chi connectivity index (χ0n) is 18.8. The predicted molar refractivity (Wildman–Crippen MR) is 121 cm³/mol. The lowest BCUT2D eigenvalue weighted by atomic mass is 9.96. The quantitative estimate of drug-likeness (QED) is 0.553. The number of carbonyl (C=O) groups excluding carboxylic acids is 2. The van der Waals surface area contributed by atoms with Crippen LogP contribution in [0.1, 0.15) is 56.3 Å². The smallest absolute Gasteiger partial charge is 0.319 e. The van der Waals surface area contributed by atoms with Gasteiger partial charge in [-0.3, -0.25) is 4.79 Å². The molecule has 1 aliphatic heterocycles. The Morgan fingerprint density at radius 2 is 2.03 bits per heavy atom. The maximum Gasteiger partial charge on any atom is 0.319 e. The van der Waals surface area contributed by atoms with Crippen LogP contribution in [-0.4, -0.2) is 66.9 Å². The number of amides is 3. The Balaban J connectivity index is 1.89. The molecular weight excluding hydrogens is 396 g/mol. The maximum atomic E-state index is 13.3. The van der Waals surface area contributed by atoms with Gasteiger partial charge in [0.1, 0.15) is 6.10 Å². The highest BCUT2D eigenvalue weighted by atomic mass is 16.5. The summed E-state index contributed by atoms with van der Waals surface area (Å²) in [6, 6.07) is 4.80. The lowest BCUT2D eigenvalue weighted by Gasteiger charge is -2.37. The van der Waals surface area contributed by atoms with Crippen molar-refractivity contribution in [2.45, 2.75) is 64.1 Å². The molecular formula is C23H36N4O4.